The number of rotatable bonds is 9. The van der Waals surface area contributed by atoms with Gasteiger partial charge in [0.25, 0.3) is 11.8 Å². The van der Waals surface area contributed by atoms with Crippen LogP contribution in [0.2, 0.25) is 0 Å². The van der Waals surface area contributed by atoms with E-state index in [9.17, 15) is 37.7 Å². The van der Waals surface area contributed by atoms with Crippen LogP contribution in [-0.4, -0.2) is 72.8 Å². The Bertz CT molecular complexity index is 1370. The van der Waals surface area contributed by atoms with Gasteiger partial charge >= 0.3 is 10.3 Å². The second kappa shape index (κ2) is 10.3. The summed E-state index contributed by atoms with van der Waals surface area (Å²) in [6.45, 7) is 3.33. The number of amides is 2. The van der Waals surface area contributed by atoms with E-state index in [-0.39, 0.29) is 20.8 Å². The van der Waals surface area contributed by atoms with E-state index < -0.39 is 69.0 Å². The number of nitrogen functional groups attached to an aromatic ring is 1. The number of β-lactam (4-membered cyclic amide) rings is 1. The van der Waals surface area contributed by atoms with Crippen molar-refractivity contribution in [3.63, 3.8) is 0 Å². The standard InChI is InChI=1S/C18H21ClN6O9S2/c1-7(2)15(9-3-11(26)12(27)5-24(9)30)34-23-13(8-6-35-18(20)21-8)16(28)22-14-10(4-19)25(17(14)29)36(31,32)33/h3,5-7,10,14-15,27,30H,4H2,1-2H3,(H2,20,21)(H,22,28)(H,31,32,33)/b23-13-/t10-,14+,15?/m1/s1. The summed E-state index contributed by atoms with van der Waals surface area (Å²) in [5.41, 5.74) is 4.25. The van der Waals surface area contributed by atoms with Crippen molar-refractivity contribution in [1.29, 1.82) is 0 Å². The van der Waals surface area contributed by atoms with Crippen LogP contribution in [0, 0.1) is 5.92 Å². The molecule has 3 rings (SSSR count). The number of aromatic nitrogens is 2. The Morgan fingerprint density at radius 1 is 1.42 bits per heavy atom. The van der Waals surface area contributed by atoms with Crippen LogP contribution in [0.3, 0.4) is 0 Å². The maximum Gasteiger partial charge on any atom is 0.362 e. The van der Waals surface area contributed by atoms with Gasteiger partial charge < -0.3 is 26.2 Å². The minimum Gasteiger partial charge on any atom is -0.503 e. The Balaban J connectivity index is 1.93. The molecule has 18 heteroatoms. The van der Waals surface area contributed by atoms with Crippen LogP contribution in [-0.2, 0) is 24.7 Å². The molecule has 2 aromatic rings. The van der Waals surface area contributed by atoms with Gasteiger partial charge in [-0.2, -0.15) is 13.1 Å². The van der Waals surface area contributed by atoms with Crippen LogP contribution in [0.5, 0.6) is 5.75 Å². The van der Waals surface area contributed by atoms with Gasteiger partial charge in [0.05, 0.1) is 12.2 Å². The van der Waals surface area contributed by atoms with Crippen LogP contribution in [0.15, 0.2) is 27.6 Å². The number of halogens is 1. The average Bonchev–Trinajstić information content (AvgIpc) is 3.20. The average molecular weight is 565 g/mol. The molecule has 1 saturated heterocycles. The van der Waals surface area contributed by atoms with Crippen molar-refractivity contribution < 1.29 is 37.7 Å². The lowest BCUT2D eigenvalue weighted by Gasteiger charge is -2.43. The molecule has 1 aliphatic heterocycles. The second-order valence-corrected chi connectivity index (χ2v) is 10.3. The minimum atomic E-state index is -4.89. The van der Waals surface area contributed by atoms with Crippen LogP contribution < -0.4 is 16.5 Å². The molecular weight excluding hydrogens is 544 g/mol. The third kappa shape index (κ3) is 5.38. The van der Waals surface area contributed by atoms with Crippen molar-refractivity contribution >= 4 is 55.9 Å². The highest BCUT2D eigenvalue weighted by Crippen LogP contribution is 2.27. The Hall–Kier alpha value is -3.41. The van der Waals surface area contributed by atoms with Crippen LogP contribution >= 0.6 is 22.9 Å². The number of carbonyl (C=O) groups is 2. The van der Waals surface area contributed by atoms with Crippen LogP contribution in [0.4, 0.5) is 5.13 Å². The molecular formula is C18H21ClN6O9S2. The normalized spacial score (nSPS) is 19.2. The molecule has 2 aromatic heterocycles. The predicted molar refractivity (Wildman–Crippen MR) is 126 cm³/mol. The van der Waals surface area contributed by atoms with Gasteiger partial charge in [-0.3, -0.25) is 18.9 Å². The third-order valence-corrected chi connectivity index (χ3v) is 6.98. The van der Waals surface area contributed by atoms with Crippen molar-refractivity contribution in [3.05, 3.63) is 39.3 Å². The SMILES string of the molecule is CC(C)C(O/N=C(\C(=O)N[C@@H]1C(=O)N(S(=O)(=O)O)[C@@H]1CCl)c1csc(N)n1)c1cc(=O)c(O)cn1O. The molecule has 1 unspecified atom stereocenters. The number of aromatic hydroxyl groups is 1. The molecule has 0 radical (unpaired) electrons. The first-order chi connectivity index (χ1) is 16.8. The zero-order valence-electron chi connectivity index (χ0n) is 18.6. The second-order valence-electron chi connectivity index (χ2n) is 7.86. The molecule has 0 aliphatic carbocycles. The van der Waals surface area contributed by atoms with Crippen molar-refractivity contribution in [3.8, 4) is 5.75 Å². The lowest BCUT2D eigenvalue weighted by Crippen LogP contribution is -2.73. The number of anilines is 1. The van der Waals surface area contributed by atoms with E-state index in [4.69, 9.17) is 22.2 Å². The first-order valence-electron chi connectivity index (χ1n) is 10.0. The van der Waals surface area contributed by atoms with Crippen molar-refractivity contribution in [2.45, 2.75) is 32.0 Å². The number of pyridine rings is 1. The summed E-state index contributed by atoms with van der Waals surface area (Å²) in [6, 6.07) is -1.73. The molecule has 1 aliphatic rings. The number of hydrogen-bond acceptors (Lipinski definition) is 12. The maximum atomic E-state index is 13.0. The number of nitrogens with zero attached hydrogens (tertiary/aromatic N) is 4. The van der Waals surface area contributed by atoms with E-state index >= 15 is 0 Å². The molecule has 3 heterocycles. The lowest BCUT2D eigenvalue weighted by molar-refractivity contribution is -0.143. The van der Waals surface area contributed by atoms with Gasteiger partial charge in [0, 0.05) is 17.3 Å². The van der Waals surface area contributed by atoms with Crippen LogP contribution in [0.1, 0.15) is 31.3 Å². The molecule has 2 amide bonds. The molecule has 6 N–H and O–H groups in total. The Morgan fingerprint density at radius 3 is 2.61 bits per heavy atom. The molecule has 0 saturated carbocycles. The maximum absolute atomic E-state index is 13.0. The van der Waals surface area contributed by atoms with Crippen LogP contribution in [0.25, 0.3) is 0 Å². The van der Waals surface area contributed by atoms with Gasteiger partial charge in [-0.25, -0.2) is 9.29 Å². The monoisotopic (exact) mass is 564 g/mol. The van der Waals surface area contributed by atoms with E-state index in [0.717, 1.165) is 23.6 Å². The third-order valence-electron chi connectivity index (χ3n) is 5.04. The first kappa shape index (κ1) is 27.2. The number of nitrogens with two attached hydrogens (primary N) is 1. The molecule has 15 nitrogen and oxygen atoms in total. The summed E-state index contributed by atoms with van der Waals surface area (Å²) >= 11 is 6.69. The fourth-order valence-corrected chi connectivity index (χ4v) is 5.12. The summed E-state index contributed by atoms with van der Waals surface area (Å²) in [5, 5.41) is 27.2. The topological polar surface area (TPSA) is 227 Å². The Labute approximate surface area is 212 Å². The first-order valence-corrected chi connectivity index (χ1v) is 12.8. The highest BCUT2D eigenvalue weighted by Gasteiger charge is 2.53. The molecule has 0 aromatic carbocycles. The van der Waals surface area contributed by atoms with Crippen molar-refractivity contribution in [2.75, 3.05) is 11.6 Å². The Kier molecular flexibility index (Phi) is 7.77. The quantitative estimate of drug-likeness (QED) is 0.0662. The molecule has 0 bridgehead atoms. The van der Waals surface area contributed by atoms with Gasteiger partial charge in [-0.15, -0.1) is 22.9 Å². The zero-order chi connectivity index (χ0) is 26.9. The molecule has 1 fully saturated rings. The minimum absolute atomic E-state index is 0.0505. The number of hydrogen-bond donors (Lipinski definition) is 5. The highest BCUT2D eigenvalue weighted by molar-refractivity contribution is 7.84. The van der Waals surface area contributed by atoms with Gasteiger partial charge in [0.15, 0.2) is 22.7 Å². The summed E-state index contributed by atoms with van der Waals surface area (Å²) in [7, 11) is -4.89. The number of alkyl halides is 1. The van der Waals surface area contributed by atoms with E-state index in [1.807, 2.05) is 0 Å². The molecule has 196 valence electrons. The Morgan fingerprint density at radius 2 is 2.08 bits per heavy atom. The van der Waals surface area contributed by atoms with Gasteiger partial charge in [0.1, 0.15) is 17.4 Å². The van der Waals surface area contributed by atoms with E-state index in [1.165, 1.54) is 5.38 Å². The smallest absolute Gasteiger partial charge is 0.362 e. The van der Waals surface area contributed by atoms with Gasteiger partial charge in [-0.1, -0.05) is 19.0 Å². The lowest BCUT2D eigenvalue weighted by atomic mass is 10.0. The fourth-order valence-electron chi connectivity index (χ4n) is 3.29. The van der Waals surface area contributed by atoms with E-state index in [2.05, 4.69) is 15.5 Å². The molecule has 3 atom stereocenters. The largest absolute Gasteiger partial charge is 0.503 e. The number of oxime groups is 1. The van der Waals surface area contributed by atoms with Crippen molar-refractivity contribution in [2.24, 2.45) is 11.1 Å². The number of nitrogens with one attached hydrogen (secondary N) is 1. The summed E-state index contributed by atoms with van der Waals surface area (Å²) < 4.78 is 32.6. The summed E-state index contributed by atoms with van der Waals surface area (Å²) in [5.74, 6) is -3.68. The van der Waals surface area contributed by atoms with E-state index in [1.54, 1.807) is 13.8 Å². The van der Waals surface area contributed by atoms with Gasteiger partial charge in [0.2, 0.25) is 5.43 Å². The zero-order valence-corrected chi connectivity index (χ0v) is 21.0. The number of carbonyl (C=O) groups excluding carboxylic acids is 2. The molecule has 36 heavy (non-hydrogen) atoms. The fraction of sp³-hybridized carbons (Fsp3) is 0.389. The highest BCUT2D eigenvalue weighted by atomic mass is 35.5. The van der Waals surface area contributed by atoms with E-state index in [0.29, 0.717) is 4.73 Å². The van der Waals surface area contributed by atoms with Gasteiger partial charge in [-0.05, 0) is 5.92 Å². The number of thiazole rings is 1. The predicted octanol–water partition coefficient (Wildman–Crippen LogP) is -0.315. The summed E-state index contributed by atoms with van der Waals surface area (Å²) in [4.78, 5) is 46.6. The van der Waals surface area contributed by atoms with Crippen molar-refractivity contribution in [1.82, 2.24) is 19.3 Å². The molecule has 0 spiro atoms. The summed E-state index contributed by atoms with van der Waals surface area (Å²) in [6.07, 6.45) is -0.331.